The fraction of sp³-hybridized carbons (Fsp3) is 0.290. The van der Waals surface area contributed by atoms with Crippen molar-refractivity contribution >= 4 is 87.9 Å². The summed E-state index contributed by atoms with van der Waals surface area (Å²) in [4.78, 5) is 18.2. The third kappa shape index (κ3) is 13.3. The molecule has 0 saturated carbocycles. The highest BCUT2D eigenvalue weighted by atomic mass is 16.3. The molecule has 12 aromatic heterocycles. The van der Waals surface area contributed by atoms with Crippen LogP contribution in [0.15, 0.2) is 237 Å². The summed E-state index contributed by atoms with van der Waals surface area (Å²) < 4.78 is 415. The van der Waals surface area contributed by atoms with Gasteiger partial charge >= 0.3 is 0 Å². The number of aromatic nitrogens is 8. The summed E-state index contributed by atoms with van der Waals surface area (Å²) in [6.45, 7) is -23.5. The summed E-state index contributed by atoms with van der Waals surface area (Å²) in [7, 11) is 6.59. The molecule has 0 saturated heterocycles. The lowest BCUT2D eigenvalue weighted by molar-refractivity contribution is -0.661. The molecule has 4 aliphatic rings. The average molecular weight is 1840 g/mol. The van der Waals surface area contributed by atoms with Crippen molar-refractivity contribution in [3.05, 3.63) is 331 Å². The molecule has 6 atom stereocenters. The zero-order valence-corrected chi connectivity index (χ0v) is 77.0. The van der Waals surface area contributed by atoms with E-state index in [1.165, 1.54) is 113 Å². The Morgan fingerprint density at radius 1 is 0.301 bits per heavy atom. The monoisotopic (exact) mass is 1840 g/mol. The van der Waals surface area contributed by atoms with Gasteiger partial charge in [-0.2, -0.15) is 0 Å². The van der Waals surface area contributed by atoms with E-state index in [0.717, 1.165) is 27.8 Å². The van der Waals surface area contributed by atoms with Gasteiger partial charge in [0.1, 0.15) is 67.2 Å². The molecule has 0 spiro atoms. The SMILES string of the molecule is [2H]C([2H])([2H])c1cc(-c2c(C)ccc3c2oc2c4c(ccc23)-c2cccnc2C4(C)C([2H])([2H])[2H])[n+](C)cc1C([2H])(C)C([2H])([2H])[2H].[2H]C([2H])([2H])c1cc(-c2c(C)ccc3c2oc2c4c(ccc23)C(C([2H])([2H])[2H])(C([2H])([2H])[2H])c2cccnc2-4)[n+](C)cc1C([2H])(C)C([2H])([2H])[2H].[2H]C([2H])([2H])c1cc(-c2c(C)ccc3c2oc2c4c(cnc23)C(C)(C([2H])([2H])[2H])c2ccccc2-4)[n+](C)cc1C([2H])(C)C([2H])([2H])[2H].[2H]C([2H])([2H])c1cc(-c2c(C)ccc3c2oc2c4c(ncc23)C(C([2H])([2H])[2H])(C([2H])([2H])[2H])c2ccccc2-4)[n+](C)cc1C([2H])(C)C([2H])([2H])[2H]. The minimum absolute atomic E-state index is 0.0509. The van der Waals surface area contributed by atoms with Crippen molar-refractivity contribution in [3.8, 4) is 89.7 Å². The molecular formula is C124H124N8O4+4. The number of nitrogens with zero attached hydrogens (tertiary/aromatic N) is 8. The highest BCUT2D eigenvalue weighted by molar-refractivity contribution is 6.18. The highest BCUT2D eigenvalue weighted by Gasteiger charge is 2.45. The predicted octanol–water partition coefficient (Wildman–Crippen LogP) is 30.1. The minimum atomic E-state index is -3.00. The normalized spacial score (nSPS) is 23.7. The molecule has 24 rings (SSSR count). The predicted molar refractivity (Wildman–Crippen MR) is 557 cm³/mol. The highest BCUT2D eigenvalue weighted by Crippen LogP contribution is 2.58. The Hall–Kier alpha value is -13.8. The molecule has 0 amide bonds. The smallest absolute Gasteiger partial charge is 0.216 e. The van der Waals surface area contributed by atoms with Crippen LogP contribution in [0, 0.1) is 55.1 Å². The van der Waals surface area contributed by atoms with Crippen molar-refractivity contribution in [1.29, 1.82) is 0 Å². The molecule has 4 aliphatic carbocycles. The zero-order chi connectivity index (χ0) is 134. The molecule has 8 aromatic carbocycles. The lowest BCUT2D eigenvalue weighted by Gasteiger charge is -2.20. The van der Waals surface area contributed by atoms with Crippen molar-refractivity contribution in [1.82, 2.24) is 19.9 Å². The molecule has 136 heavy (non-hydrogen) atoms. The number of aryl methyl sites for hydroxylation is 12. The molecule has 20 aromatic rings. The van der Waals surface area contributed by atoms with E-state index in [1.54, 1.807) is 123 Å². The number of hydrogen-bond donors (Lipinski definition) is 0. The largest absolute Gasteiger partial charge is 0.455 e. The van der Waals surface area contributed by atoms with Gasteiger partial charge in [0.2, 0.25) is 22.8 Å². The third-order valence-electron chi connectivity index (χ3n) is 27.7. The van der Waals surface area contributed by atoms with Crippen LogP contribution in [0.5, 0.6) is 0 Å². The van der Waals surface area contributed by atoms with Crippen LogP contribution < -0.4 is 18.3 Å². The molecule has 680 valence electrons. The number of pyridine rings is 8. The van der Waals surface area contributed by atoms with Gasteiger partial charge in [0.05, 0.1) is 39.3 Å². The van der Waals surface area contributed by atoms with Gasteiger partial charge in [0.15, 0.2) is 36.0 Å². The first-order valence-corrected chi connectivity index (χ1v) is 44.3. The van der Waals surface area contributed by atoms with E-state index < -0.39 is 141 Å². The maximum Gasteiger partial charge on any atom is 0.216 e. The molecule has 12 heteroatoms. The Kier molecular flexibility index (Phi) is 11.9. The Balaban J connectivity index is 0.000000136. The average Bonchev–Trinajstić information content (AvgIpc) is 1.50. The van der Waals surface area contributed by atoms with Crippen molar-refractivity contribution < 1.29 is 99.0 Å². The fourth-order valence-electron chi connectivity index (χ4n) is 20.9. The molecule has 0 N–H and O–H groups in total. The van der Waals surface area contributed by atoms with Crippen molar-refractivity contribution in [2.24, 2.45) is 28.2 Å². The number of rotatable bonds is 8. The van der Waals surface area contributed by atoms with E-state index in [9.17, 15) is 0 Å². The Morgan fingerprint density at radius 3 is 1.18 bits per heavy atom. The summed E-state index contributed by atoms with van der Waals surface area (Å²) in [5, 5.41) is 4.33. The number of furan rings is 4. The van der Waals surface area contributed by atoms with Crippen molar-refractivity contribution in [2.75, 3.05) is 0 Å². The van der Waals surface area contributed by atoms with Gasteiger partial charge in [-0.3, -0.25) is 19.9 Å². The van der Waals surface area contributed by atoms with Crippen LogP contribution in [-0.4, -0.2) is 19.9 Å². The van der Waals surface area contributed by atoms with Gasteiger partial charge in [-0.05, 0) is 206 Å². The standard InChI is InChI=1S/4C31H31N2O/c1-17(2)24-16-33(7)25(15-19(24)4)26-18(3)10-11-21-22-13-12-20-23-9-8-14-32-30(23)31(5,6)27(20)29(22)34-28(21)26;1-17(2)22-16-33(7)25(15-19(22)4)26-18(3)10-11-20-21-12-13-23-27(30(21)34-29(20)26)28-24(31(23,5)6)9-8-14-32-28;1-17(2)23-16-33(7)25(14-19(23)4)26-18(3)12-13-20-22-15-32-30-27(29(22)34-28(20)26)21-10-8-9-11-24(21)31(30,5)6;1-17(2)22-16-33(7)25(14-19(22)4)26-18(3)12-13-21-28-30(34-29(21)26)27-20-10-8-9-11-23(20)31(5,6)24(27)15-32-28/h4*8-17H,1-7H3/q4*+1/i1D3,4D3,5D3,17D;2*1D3,4D3,5D3,6D3,17D;1D3,4D3,5D3,17D. The van der Waals surface area contributed by atoms with Gasteiger partial charge in [-0.25, -0.2) is 18.3 Å². The van der Waals surface area contributed by atoms with E-state index in [1.807, 2.05) is 98.8 Å². The fourth-order valence-corrected chi connectivity index (χ4v) is 20.9. The number of hydrogen-bond acceptors (Lipinski definition) is 8. The molecule has 0 aliphatic heterocycles. The van der Waals surface area contributed by atoms with Crippen LogP contribution in [0.4, 0.5) is 0 Å². The van der Waals surface area contributed by atoms with Gasteiger partial charge in [0, 0.05) is 222 Å². The summed E-state index contributed by atoms with van der Waals surface area (Å²) in [5.74, 6) is -8.82. The second-order valence-electron chi connectivity index (χ2n) is 36.7. The van der Waals surface area contributed by atoms with Crippen LogP contribution in [0.1, 0.15) is 308 Å². The molecule has 12 heterocycles. The van der Waals surface area contributed by atoms with Gasteiger partial charge < -0.3 is 17.7 Å². The maximum atomic E-state index is 8.68. The van der Waals surface area contributed by atoms with Crippen molar-refractivity contribution in [2.45, 2.75) is 210 Å². The van der Waals surface area contributed by atoms with E-state index in [2.05, 4.69) is 15.0 Å². The Labute approximate surface area is 863 Å². The molecule has 0 fully saturated rings. The molecule has 0 radical (unpaired) electrons. The second kappa shape index (κ2) is 31.9. The molecule has 0 bridgehead atoms. The second-order valence-corrected chi connectivity index (χ2v) is 36.7. The van der Waals surface area contributed by atoms with Gasteiger partial charge in [0.25, 0.3) is 0 Å². The van der Waals surface area contributed by atoms with Crippen LogP contribution in [-0.2, 0) is 49.9 Å². The first-order valence-electron chi connectivity index (χ1n) is 67.3. The summed E-state index contributed by atoms with van der Waals surface area (Å²) in [6.07, 6.45) is 11.6. The zero-order valence-electron chi connectivity index (χ0n) is 123. The Bertz CT molecular complexity index is 10200. The van der Waals surface area contributed by atoms with Crippen LogP contribution in [0.2, 0.25) is 0 Å². The summed E-state index contributed by atoms with van der Waals surface area (Å²) in [5.41, 5.74) is 7.16. The van der Waals surface area contributed by atoms with E-state index in [4.69, 9.17) is 85.7 Å². The maximum absolute atomic E-state index is 8.68. The Morgan fingerprint density at radius 2 is 0.691 bits per heavy atom. The number of fused-ring (bicyclic) bond motifs is 28. The lowest BCUT2D eigenvalue weighted by atomic mass is 9.82. The molecule has 6 unspecified atom stereocenters. The first kappa shape index (κ1) is 50.7. The van der Waals surface area contributed by atoms with E-state index >= 15 is 0 Å². The minimum Gasteiger partial charge on any atom is -0.455 e. The quantitative estimate of drug-likeness (QED) is 0.138. The topological polar surface area (TPSA) is 120 Å². The first-order chi connectivity index (χ1) is 83.3. The number of benzene rings is 8. The lowest BCUT2D eigenvalue weighted by Crippen LogP contribution is -2.32. The van der Waals surface area contributed by atoms with Gasteiger partial charge in [-0.15, -0.1) is 0 Å². The van der Waals surface area contributed by atoms with Crippen LogP contribution in [0.25, 0.3) is 178 Å². The summed E-state index contributed by atoms with van der Waals surface area (Å²) in [6, 6.07) is 47.7. The van der Waals surface area contributed by atoms with E-state index in [-0.39, 0.29) is 94.9 Å². The molecular weight excluding hydrogens is 1670 g/mol. The summed E-state index contributed by atoms with van der Waals surface area (Å²) >= 11 is 0. The molecule has 12 nitrogen and oxygen atoms in total. The third-order valence-corrected chi connectivity index (χ3v) is 27.7. The van der Waals surface area contributed by atoms with Crippen LogP contribution in [0.3, 0.4) is 0 Å². The van der Waals surface area contributed by atoms with E-state index in [0.29, 0.717) is 166 Å². The van der Waals surface area contributed by atoms with Crippen molar-refractivity contribution in [3.63, 3.8) is 0 Å². The van der Waals surface area contributed by atoms with Crippen LogP contribution >= 0.6 is 0 Å². The van der Waals surface area contributed by atoms with Gasteiger partial charge in [-0.1, -0.05) is 218 Å².